The zero-order chi connectivity index (χ0) is 35.5. The van der Waals surface area contributed by atoms with Crippen LogP contribution < -0.4 is 4.90 Å². The van der Waals surface area contributed by atoms with E-state index >= 15 is 0 Å². The number of benzene rings is 8. The van der Waals surface area contributed by atoms with Crippen LogP contribution in [0, 0.1) is 0 Å². The maximum atomic E-state index is 2.40. The summed E-state index contributed by atoms with van der Waals surface area (Å²) in [6.45, 7) is 4.71. The summed E-state index contributed by atoms with van der Waals surface area (Å²) in [6.07, 6.45) is 0. The molecule has 9 aromatic rings. The van der Waals surface area contributed by atoms with Crippen molar-refractivity contribution in [2.75, 3.05) is 4.90 Å². The first kappa shape index (κ1) is 31.5. The van der Waals surface area contributed by atoms with Gasteiger partial charge in [-0.1, -0.05) is 141 Å². The number of nitrogens with zero attached hydrogens (tertiary/aromatic N) is 1. The molecule has 1 nitrogen and oxygen atoms in total. The summed E-state index contributed by atoms with van der Waals surface area (Å²) in [4.78, 5) is 2.35. The second kappa shape index (κ2) is 12.5. The molecular weight excluding hydrogens is 659 g/mol. The molecule has 1 aliphatic rings. The van der Waals surface area contributed by atoms with E-state index in [0.29, 0.717) is 0 Å². The normalized spacial score (nSPS) is 12.9. The van der Waals surface area contributed by atoms with Crippen molar-refractivity contribution < 1.29 is 0 Å². The Morgan fingerprint density at radius 3 is 1.70 bits per heavy atom. The highest BCUT2D eigenvalue weighted by Gasteiger charge is 2.35. The molecule has 10 rings (SSSR count). The molecule has 1 aliphatic carbocycles. The molecule has 252 valence electrons. The maximum absolute atomic E-state index is 2.40. The predicted molar refractivity (Wildman–Crippen MR) is 228 cm³/mol. The van der Waals surface area contributed by atoms with E-state index in [2.05, 4.69) is 207 Å². The highest BCUT2D eigenvalue weighted by Crippen LogP contribution is 2.51. The standard InChI is InChI=1S/C51H37NS/c1-51(2)46-31-25-37(32-45(46)43-30-24-38(33-47(43)51)34-12-5-3-6-13-34)35-20-26-40(27-21-35)52(39-14-7-4-8-15-39)41-28-22-36(23-29-41)42-17-11-19-49-50(42)44-16-9-10-18-48(44)53-49/h3-33H,1-2H3. The van der Waals surface area contributed by atoms with Crippen molar-refractivity contribution in [2.45, 2.75) is 19.3 Å². The average molecular weight is 696 g/mol. The number of rotatable bonds is 6. The number of anilines is 3. The van der Waals surface area contributed by atoms with Gasteiger partial charge in [0.05, 0.1) is 0 Å². The van der Waals surface area contributed by atoms with Crippen LogP contribution in [0.2, 0.25) is 0 Å². The molecule has 0 unspecified atom stereocenters. The first-order valence-electron chi connectivity index (χ1n) is 18.3. The molecule has 1 aromatic heterocycles. The lowest BCUT2D eigenvalue weighted by molar-refractivity contribution is 0.660. The Morgan fingerprint density at radius 2 is 0.943 bits per heavy atom. The molecule has 0 N–H and O–H groups in total. The van der Waals surface area contributed by atoms with Crippen LogP contribution in [0.25, 0.3) is 64.7 Å². The van der Waals surface area contributed by atoms with Crippen molar-refractivity contribution >= 4 is 48.6 Å². The molecule has 0 bridgehead atoms. The van der Waals surface area contributed by atoms with Gasteiger partial charge in [0.25, 0.3) is 0 Å². The molecule has 0 atom stereocenters. The third-order valence-electron chi connectivity index (χ3n) is 11.1. The van der Waals surface area contributed by atoms with Crippen molar-refractivity contribution in [2.24, 2.45) is 0 Å². The molecule has 0 amide bonds. The first-order chi connectivity index (χ1) is 26.0. The topological polar surface area (TPSA) is 3.24 Å². The van der Waals surface area contributed by atoms with Crippen LogP contribution in [-0.4, -0.2) is 0 Å². The second-order valence-electron chi connectivity index (χ2n) is 14.6. The summed E-state index contributed by atoms with van der Waals surface area (Å²) < 4.78 is 2.66. The molecule has 8 aromatic carbocycles. The second-order valence-corrected chi connectivity index (χ2v) is 15.6. The smallest absolute Gasteiger partial charge is 0.0462 e. The summed E-state index contributed by atoms with van der Waals surface area (Å²) >= 11 is 1.87. The van der Waals surface area contributed by atoms with Gasteiger partial charge in [-0.25, -0.2) is 0 Å². The highest BCUT2D eigenvalue weighted by atomic mass is 32.1. The van der Waals surface area contributed by atoms with E-state index in [1.807, 2.05) is 11.3 Å². The molecule has 0 aliphatic heterocycles. The minimum atomic E-state index is -0.0619. The number of fused-ring (bicyclic) bond motifs is 6. The fourth-order valence-corrected chi connectivity index (χ4v) is 9.51. The van der Waals surface area contributed by atoms with Crippen LogP contribution in [0.4, 0.5) is 17.1 Å². The SMILES string of the molecule is CC1(C)c2ccc(-c3ccc(N(c4ccccc4)c4ccc(-c5cccc6sc7ccccc7c56)cc4)cc3)cc2-c2ccc(-c3ccccc3)cc21. The molecule has 0 saturated heterocycles. The fourth-order valence-electron chi connectivity index (χ4n) is 8.38. The van der Waals surface area contributed by atoms with Gasteiger partial charge in [-0.3, -0.25) is 0 Å². The number of para-hydroxylation sites is 1. The maximum Gasteiger partial charge on any atom is 0.0462 e. The van der Waals surface area contributed by atoms with E-state index in [1.165, 1.54) is 75.8 Å². The average Bonchev–Trinajstić information content (AvgIpc) is 3.71. The molecule has 0 radical (unpaired) electrons. The summed E-state index contributed by atoms with van der Waals surface area (Å²) in [5.74, 6) is 0. The van der Waals surface area contributed by atoms with Gasteiger partial charge in [0.2, 0.25) is 0 Å². The lowest BCUT2D eigenvalue weighted by atomic mass is 9.81. The predicted octanol–water partition coefficient (Wildman–Crippen LogP) is 14.8. The summed E-state index contributed by atoms with van der Waals surface area (Å²) in [5.41, 5.74) is 16.3. The van der Waals surface area contributed by atoms with Crippen molar-refractivity contribution in [1.29, 1.82) is 0 Å². The van der Waals surface area contributed by atoms with E-state index in [4.69, 9.17) is 0 Å². The van der Waals surface area contributed by atoms with Crippen LogP contribution in [0.3, 0.4) is 0 Å². The van der Waals surface area contributed by atoms with Crippen LogP contribution in [0.5, 0.6) is 0 Å². The van der Waals surface area contributed by atoms with Crippen LogP contribution in [0.15, 0.2) is 188 Å². The molecule has 0 spiro atoms. The molecular formula is C51H37NS. The van der Waals surface area contributed by atoms with Gasteiger partial charge >= 0.3 is 0 Å². The largest absolute Gasteiger partial charge is 0.311 e. The van der Waals surface area contributed by atoms with E-state index < -0.39 is 0 Å². The minimum Gasteiger partial charge on any atom is -0.311 e. The molecule has 53 heavy (non-hydrogen) atoms. The summed E-state index contributed by atoms with van der Waals surface area (Å²) in [5, 5.41) is 2.67. The molecule has 2 heteroatoms. The first-order valence-corrected chi connectivity index (χ1v) is 19.2. The Kier molecular flexibility index (Phi) is 7.42. The lowest BCUT2D eigenvalue weighted by Crippen LogP contribution is -2.15. The van der Waals surface area contributed by atoms with Crippen molar-refractivity contribution in [3.05, 3.63) is 199 Å². The van der Waals surface area contributed by atoms with E-state index in [0.717, 1.165) is 17.1 Å². The van der Waals surface area contributed by atoms with Crippen molar-refractivity contribution in [1.82, 2.24) is 0 Å². The van der Waals surface area contributed by atoms with Crippen LogP contribution >= 0.6 is 11.3 Å². The monoisotopic (exact) mass is 695 g/mol. The van der Waals surface area contributed by atoms with Crippen LogP contribution in [0.1, 0.15) is 25.0 Å². The molecule has 1 heterocycles. The quantitative estimate of drug-likeness (QED) is 0.167. The molecule has 0 saturated carbocycles. The Bertz CT molecular complexity index is 2780. The van der Waals surface area contributed by atoms with Gasteiger partial charge in [0.15, 0.2) is 0 Å². The summed E-state index contributed by atoms with van der Waals surface area (Å²) in [6, 6.07) is 68.9. The third-order valence-corrected chi connectivity index (χ3v) is 12.2. The zero-order valence-electron chi connectivity index (χ0n) is 29.8. The van der Waals surface area contributed by atoms with Gasteiger partial charge in [0, 0.05) is 42.6 Å². The van der Waals surface area contributed by atoms with Gasteiger partial charge in [-0.15, -0.1) is 11.3 Å². The zero-order valence-corrected chi connectivity index (χ0v) is 30.6. The lowest BCUT2D eigenvalue weighted by Gasteiger charge is -2.26. The van der Waals surface area contributed by atoms with E-state index in [-0.39, 0.29) is 5.41 Å². The van der Waals surface area contributed by atoms with Crippen molar-refractivity contribution in [3.63, 3.8) is 0 Å². The van der Waals surface area contributed by atoms with Gasteiger partial charge in [-0.05, 0) is 116 Å². The van der Waals surface area contributed by atoms with Crippen LogP contribution in [-0.2, 0) is 5.41 Å². The number of hydrogen-bond donors (Lipinski definition) is 0. The van der Waals surface area contributed by atoms with E-state index in [9.17, 15) is 0 Å². The minimum absolute atomic E-state index is 0.0619. The van der Waals surface area contributed by atoms with Crippen molar-refractivity contribution in [3.8, 4) is 44.5 Å². The highest BCUT2D eigenvalue weighted by molar-refractivity contribution is 7.25. The Morgan fingerprint density at radius 1 is 0.377 bits per heavy atom. The molecule has 0 fully saturated rings. The van der Waals surface area contributed by atoms with E-state index in [1.54, 1.807) is 0 Å². The summed E-state index contributed by atoms with van der Waals surface area (Å²) in [7, 11) is 0. The van der Waals surface area contributed by atoms with Gasteiger partial charge in [-0.2, -0.15) is 0 Å². The number of thiophene rings is 1. The van der Waals surface area contributed by atoms with Gasteiger partial charge in [0.1, 0.15) is 0 Å². The Hall–Kier alpha value is -6.22. The fraction of sp³-hybridized carbons (Fsp3) is 0.0588. The van der Waals surface area contributed by atoms with Gasteiger partial charge < -0.3 is 4.90 Å². The third kappa shape index (κ3) is 5.29. The number of hydrogen-bond acceptors (Lipinski definition) is 2. The Balaban J connectivity index is 0.992. The Labute approximate surface area is 315 Å².